The molecule has 114 valence electrons. The van der Waals surface area contributed by atoms with Crippen LogP contribution in [0.2, 0.25) is 0 Å². The molecule has 2 heterocycles. The van der Waals surface area contributed by atoms with Crippen LogP contribution in [0.3, 0.4) is 0 Å². The van der Waals surface area contributed by atoms with Gasteiger partial charge in [0, 0.05) is 18.2 Å². The van der Waals surface area contributed by atoms with Gasteiger partial charge in [0.25, 0.3) is 0 Å². The molecule has 1 spiro atoms. The Balaban J connectivity index is 1.42. The summed E-state index contributed by atoms with van der Waals surface area (Å²) in [6.07, 6.45) is 5.13. The third-order valence-corrected chi connectivity index (χ3v) is 4.97. The molecule has 1 aromatic carbocycles. The first-order valence-corrected chi connectivity index (χ1v) is 7.90. The summed E-state index contributed by atoms with van der Waals surface area (Å²) in [5.74, 6) is 0.918. The van der Waals surface area contributed by atoms with E-state index in [1.165, 1.54) is 0 Å². The van der Waals surface area contributed by atoms with Crippen molar-refractivity contribution < 1.29 is 4.79 Å². The average molecular weight is 296 g/mol. The van der Waals surface area contributed by atoms with Crippen molar-refractivity contribution in [3.63, 3.8) is 0 Å². The topological polar surface area (TPSA) is 59.0 Å². The molecule has 2 aromatic rings. The Labute approximate surface area is 129 Å². The van der Waals surface area contributed by atoms with Crippen LogP contribution in [0.5, 0.6) is 0 Å². The largest absolute Gasteiger partial charge is 0.317 e. The second kappa shape index (κ2) is 5.25. The number of anilines is 1. The highest BCUT2D eigenvalue weighted by Crippen LogP contribution is 2.58. The Morgan fingerprint density at radius 2 is 2.00 bits per heavy atom. The predicted molar refractivity (Wildman–Crippen MR) is 84.8 cm³/mol. The maximum atomic E-state index is 12.4. The number of hydrogen-bond acceptors (Lipinski definition) is 3. The fourth-order valence-corrected chi connectivity index (χ4v) is 3.52. The first-order chi connectivity index (χ1) is 10.8. The van der Waals surface area contributed by atoms with Crippen molar-refractivity contribution >= 4 is 11.7 Å². The minimum Gasteiger partial charge on any atom is -0.317 e. The average Bonchev–Trinajstić information content (AvgIpc) is 3.04. The van der Waals surface area contributed by atoms with Crippen LogP contribution in [0.4, 0.5) is 5.82 Å². The van der Waals surface area contributed by atoms with Crippen molar-refractivity contribution in [2.45, 2.75) is 19.3 Å². The SMILES string of the molecule is O=C(Nc1ccn(-c2ccccc2)n1)C1CC12CCNCC2. The van der Waals surface area contributed by atoms with Crippen molar-refractivity contribution in [1.82, 2.24) is 15.1 Å². The van der Waals surface area contributed by atoms with Gasteiger partial charge in [-0.1, -0.05) is 18.2 Å². The summed E-state index contributed by atoms with van der Waals surface area (Å²) in [5, 5.41) is 10.8. The molecule has 4 rings (SSSR count). The van der Waals surface area contributed by atoms with Crippen molar-refractivity contribution in [2.24, 2.45) is 11.3 Å². The number of carbonyl (C=O) groups is 1. The van der Waals surface area contributed by atoms with Crippen LogP contribution in [0.15, 0.2) is 42.6 Å². The molecule has 5 nitrogen and oxygen atoms in total. The molecular weight excluding hydrogens is 276 g/mol. The fourth-order valence-electron chi connectivity index (χ4n) is 3.52. The van der Waals surface area contributed by atoms with Gasteiger partial charge in [0.2, 0.25) is 5.91 Å². The van der Waals surface area contributed by atoms with E-state index in [1.54, 1.807) is 4.68 Å². The lowest BCUT2D eigenvalue weighted by Gasteiger charge is -2.23. The minimum absolute atomic E-state index is 0.125. The van der Waals surface area contributed by atoms with Crippen molar-refractivity contribution in [3.8, 4) is 5.69 Å². The lowest BCUT2D eigenvalue weighted by atomic mass is 9.92. The number of benzene rings is 1. The summed E-state index contributed by atoms with van der Waals surface area (Å²) in [5.41, 5.74) is 1.25. The van der Waals surface area contributed by atoms with E-state index in [2.05, 4.69) is 15.7 Å². The first kappa shape index (κ1) is 13.5. The van der Waals surface area contributed by atoms with Gasteiger partial charge in [0.15, 0.2) is 5.82 Å². The van der Waals surface area contributed by atoms with Crippen LogP contribution in [0.25, 0.3) is 5.69 Å². The first-order valence-electron chi connectivity index (χ1n) is 7.90. The van der Waals surface area contributed by atoms with Gasteiger partial charge in [-0.05, 0) is 49.9 Å². The third-order valence-electron chi connectivity index (χ3n) is 4.97. The maximum absolute atomic E-state index is 12.4. The van der Waals surface area contributed by atoms with E-state index >= 15 is 0 Å². The number of nitrogens with zero attached hydrogens (tertiary/aromatic N) is 2. The molecule has 1 aliphatic heterocycles. The quantitative estimate of drug-likeness (QED) is 0.913. The Morgan fingerprint density at radius 1 is 1.23 bits per heavy atom. The number of carbonyl (C=O) groups excluding carboxylic acids is 1. The Kier molecular flexibility index (Phi) is 3.22. The molecule has 1 saturated carbocycles. The smallest absolute Gasteiger partial charge is 0.229 e. The summed E-state index contributed by atoms with van der Waals surface area (Å²) >= 11 is 0. The van der Waals surface area contributed by atoms with E-state index < -0.39 is 0 Å². The van der Waals surface area contributed by atoms with E-state index in [0.29, 0.717) is 5.82 Å². The van der Waals surface area contributed by atoms with Crippen LogP contribution < -0.4 is 10.6 Å². The molecule has 0 bridgehead atoms. The molecule has 1 saturated heterocycles. The van der Waals surface area contributed by atoms with Crippen LogP contribution in [0.1, 0.15) is 19.3 Å². The van der Waals surface area contributed by atoms with Crippen molar-refractivity contribution in [3.05, 3.63) is 42.6 Å². The molecule has 2 aliphatic rings. The molecular formula is C17H20N4O. The monoisotopic (exact) mass is 296 g/mol. The molecule has 1 aromatic heterocycles. The lowest BCUT2D eigenvalue weighted by molar-refractivity contribution is -0.118. The van der Waals surface area contributed by atoms with E-state index in [-0.39, 0.29) is 17.2 Å². The summed E-state index contributed by atoms with van der Waals surface area (Å²) in [4.78, 5) is 12.4. The molecule has 1 aliphatic carbocycles. The number of nitrogens with one attached hydrogen (secondary N) is 2. The molecule has 1 atom stereocenters. The van der Waals surface area contributed by atoms with Crippen molar-refractivity contribution in [1.29, 1.82) is 0 Å². The highest BCUT2D eigenvalue weighted by Gasteiger charge is 2.57. The number of hydrogen-bond donors (Lipinski definition) is 2. The predicted octanol–water partition coefficient (Wildman–Crippen LogP) is 2.20. The zero-order chi connectivity index (χ0) is 15.0. The molecule has 1 unspecified atom stereocenters. The van der Waals surface area contributed by atoms with Gasteiger partial charge in [-0.25, -0.2) is 4.68 Å². The molecule has 5 heteroatoms. The van der Waals surface area contributed by atoms with Crippen LogP contribution in [-0.4, -0.2) is 28.8 Å². The summed E-state index contributed by atoms with van der Waals surface area (Å²) < 4.78 is 1.78. The number of amides is 1. The molecule has 1 amide bonds. The van der Waals surface area contributed by atoms with Gasteiger partial charge in [0.05, 0.1) is 5.69 Å². The Hall–Kier alpha value is -2.14. The number of rotatable bonds is 3. The number of aromatic nitrogens is 2. The van der Waals surface area contributed by atoms with E-state index in [1.807, 2.05) is 42.6 Å². The molecule has 2 N–H and O–H groups in total. The highest BCUT2D eigenvalue weighted by molar-refractivity contribution is 5.94. The summed E-state index contributed by atoms with van der Waals surface area (Å²) in [6.45, 7) is 2.07. The normalized spacial score (nSPS) is 22.5. The van der Waals surface area contributed by atoms with E-state index in [4.69, 9.17) is 0 Å². The van der Waals surface area contributed by atoms with Gasteiger partial charge in [0.1, 0.15) is 0 Å². The fraction of sp³-hybridized carbons (Fsp3) is 0.412. The van der Waals surface area contributed by atoms with Gasteiger partial charge < -0.3 is 10.6 Å². The Bertz CT molecular complexity index is 673. The molecule has 2 fully saturated rings. The zero-order valence-corrected chi connectivity index (χ0v) is 12.5. The Morgan fingerprint density at radius 3 is 2.77 bits per heavy atom. The van der Waals surface area contributed by atoms with E-state index in [0.717, 1.165) is 38.0 Å². The summed E-state index contributed by atoms with van der Waals surface area (Å²) in [7, 11) is 0. The summed E-state index contributed by atoms with van der Waals surface area (Å²) in [6, 6.07) is 11.7. The molecule has 0 radical (unpaired) electrons. The van der Waals surface area contributed by atoms with E-state index in [9.17, 15) is 4.79 Å². The van der Waals surface area contributed by atoms with Gasteiger partial charge in [-0.2, -0.15) is 5.10 Å². The van der Waals surface area contributed by atoms with Crippen LogP contribution in [0, 0.1) is 11.3 Å². The maximum Gasteiger partial charge on any atom is 0.229 e. The van der Waals surface area contributed by atoms with Crippen molar-refractivity contribution in [2.75, 3.05) is 18.4 Å². The molecule has 22 heavy (non-hydrogen) atoms. The van der Waals surface area contributed by atoms with Gasteiger partial charge in [-0.15, -0.1) is 0 Å². The second-order valence-electron chi connectivity index (χ2n) is 6.34. The van der Waals surface area contributed by atoms with Crippen LogP contribution >= 0.6 is 0 Å². The lowest BCUT2D eigenvalue weighted by Crippen LogP contribution is -2.31. The van der Waals surface area contributed by atoms with Crippen LogP contribution in [-0.2, 0) is 4.79 Å². The van der Waals surface area contributed by atoms with Gasteiger partial charge in [-0.3, -0.25) is 4.79 Å². The zero-order valence-electron chi connectivity index (χ0n) is 12.5. The number of piperidine rings is 1. The van der Waals surface area contributed by atoms with Gasteiger partial charge >= 0.3 is 0 Å². The minimum atomic E-state index is 0.125. The third kappa shape index (κ3) is 2.41. The number of para-hydroxylation sites is 1. The highest BCUT2D eigenvalue weighted by atomic mass is 16.2. The second-order valence-corrected chi connectivity index (χ2v) is 6.34. The standard InChI is InChI=1S/C17H20N4O/c22-16(14-12-17(14)7-9-18-10-8-17)19-15-6-11-21(20-15)13-4-2-1-3-5-13/h1-6,11,14,18H,7-10,12H2,(H,19,20,22).